The molecule has 3 rings (SSSR count). The zero-order chi connectivity index (χ0) is 18.0. The first-order valence-corrected chi connectivity index (χ1v) is 9.02. The van der Waals surface area contributed by atoms with Gasteiger partial charge in [0.2, 0.25) is 5.91 Å². The van der Waals surface area contributed by atoms with Crippen molar-refractivity contribution in [1.82, 2.24) is 14.7 Å². The molecular weight excluding hydrogens is 314 g/mol. The first-order chi connectivity index (χ1) is 12.0. The predicted octanol–water partition coefficient (Wildman–Crippen LogP) is 3.34. The quantitative estimate of drug-likeness (QED) is 0.838. The highest BCUT2D eigenvalue weighted by Gasteiger charge is 2.30. The Balaban J connectivity index is 1.75. The van der Waals surface area contributed by atoms with Crippen molar-refractivity contribution in [3.05, 3.63) is 46.8 Å². The third-order valence-electron chi connectivity index (χ3n) is 5.14. The van der Waals surface area contributed by atoms with Crippen LogP contribution in [-0.2, 0) is 18.3 Å². The molecule has 1 fully saturated rings. The zero-order valence-corrected chi connectivity index (χ0v) is 15.6. The number of carbonyl (C=O) groups is 1. The van der Waals surface area contributed by atoms with E-state index in [1.807, 2.05) is 49.5 Å². The Labute approximate surface area is 149 Å². The highest BCUT2D eigenvalue weighted by atomic mass is 16.5. The number of ether oxygens (including phenoxy) is 1. The molecule has 0 N–H and O–H groups in total. The highest BCUT2D eigenvalue weighted by Crippen LogP contribution is 2.33. The Bertz CT molecular complexity index is 749. The molecule has 0 radical (unpaired) electrons. The number of hydrogen-bond donors (Lipinski definition) is 0. The molecule has 0 bridgehead atoms. The summed E-state index contributed by atoms with van der Waals surface area (Å²) in [6, 6.07) is 8.33. The van der Waals surface area contributed by atoms with Crippen LogP contribution in [0.25, 0.3) is 0 Å². The molecule has 1 aromatic carbocycles. The van der Waals surface area contributed by atoms with Gasteiger partial charge in [-0.1, -0.05) is 12.1 Å². The standard InChI is InChI=1S/C20H27N3O2/c1-5-25-17-10-8-16(9-11-17)19-7-6-12-23(19)20(24)13-18-14(2)21-22(4)15(18)3/h8-11,19H,5-7,12-13H2,1-4H3/t19-/m1/s1. The van der Waals surface area contributed by atoms with Crippen LogP contribution in [0.2, 0.25) is 0 Å². The average molecular weight is 341 g/mol. The molecule has 1 aliphatic heterocycles. The van der Waals surface area contributed by atoms with Crippen LogP contribution in [0.5, 0.6) is 5.75 Å². The van der Waals surface area contributed by atoms with Crippen molar-refractivity contribution < 1.29 is 9.53 Å². The van der Waals surface area contributed by atoms with E-state index in [0.717, 1.165) is 42.1 Å². The fourth-order valence-corrected chi connectivity index (χ4v) is 3.69. The van der Waals surface area contributed by atoms with Gasteiger partial charge in [0.25, 0.3) is 0 Å². The monoisotopic (exact) mass is 341 g/mol. The molecule has 2 heterocycles. The van der Waals surface area contributed by atoms with Crippen molar-refractivity contribution >= 4 is 5.91 Å². The molecule has 1 atom stereocenters. The van der Waals surface area contributed by atoms with Crippen LogP contribution in [0.1, 0.15) is 48.3 Å². The van der Waals surface area contributed by atoms with Gasteiger partial charge in [0.05, 0.1) is 24.8 Å². The summed E-state index contributed by atoms with van der Waals surface area (Å²) in [5.41, 5.74) is 4.27. The van der Waals surface area contributed by atoms with Gasteiger partial charge in [-0.15, -0.1) is 0 Å². The lowest BCUT2D eigenvalue weighted by molar-refractivity contribution is -0.131. The Morgan fingerprint density at radius 2 is 2.00 bits per heavy atom. The molecule has 0 aliphatic carbocycles. The topological polar surface area (TPSA) is 47.4 Å². The minimum Gasteiger partial charge on any atom is -0.494 e. The van der Waals surface area contributed by atoms with Crippen LogP contribution in [0, 0.1) is 13.8 Å². The summed E-state index contributed by atoms with van der Waals surface area (Å²) < 4.78 is 7.37. The van der Waals surface area contributed by atoms with E-state index in [1.165, 1.54) is 5.56 Å². The van der Waals surface area contributed by atoms with Crippen LogP contribution >= 0.6 is 0 Å². The lowest BCUT2D eigenvalue weighted by Crippen LogP contribution is -2.32. The predicted molar refractivity (Wildman–Crippen MR) is 97.7 cm³/mol. The molecule has 1 aliphatic rings. The first kappa shape index (κ1) is 17.5. The summed E-state index contributed by atoms with van der Waals surface area (Å²) in [6.45, 7) is 7.47. The Morgan fingerprint density at radius 1 is 1.28 bits per heavy atom. The molecule has 134 valence electrons. The zero-order valence-electron chi connectivity index (χ0n) is 15.6. The van der Waals surface area contributed by atoms with E-state index in [-0.39, 0.29) is 11.9 Å². The van der Waals surface area contributed by atoms with E-state index < -0.39 is 0 Å². The van der Waals surface area contributed by atoms with Gasteiger partial charge in [-0.2, -0.15) is 5.10 Å². The Hall–Kier alpha value is -2.30. The van der Waals surface area contributed by atoms with Gasteiger partial charge >= 0.3 is 0 Å². The smallest absolute Gasteiger partial charge is 0.227 e. The fourth-order valence-electron chi connectivity index (χ4n) is 3.69. The average Bonchev–Trinajstić information content (AvgIpc) is 3.17. The molecule has 2 aromatic rings. The normalized spacial score (nSPS) is 17.1. The van der Waals surface area contributed by atoms with Crippen molar-refractivity contribution in [1.29, 1.82) is 0 Å². The van der Waals surface area contributed by atoms with Gasteiger partial charge in [0.15, 0.2) is 0 Å². The second-order valence-corrected chi connectivity index (χ2v) is 6.70. The summed E-state index contributed by atoms with van der Waals surface area (Å²) in [4.78, 5) is 15.0. The van der Waals surface area contributed by atoms with Crippen molar-refractivity contribution in [2.45, 2.75) is 46.1 Å². The summed E-state index contributed by atoms with van der Waals surface area (Å²) in [6.07, 6.45) is 2.50. The van der Waals surface area contributed by atoms with Gasteiger partial charge in [-0.05, 0) is 51.3 Å². The van der Waals surface area contributed by atoms with E-state index >= 15 is 0 Å². The molecule has 0 unspecified atom stereocenters. The molecule has 1 amide bonds. The lowest BCUT2D eigenvalue weighted by Gasteiger charge is -2.25. The van der Waals surface area contributed by atoms with Gasteiger partial charge < -0.3 is 9.64 Å². The van der Waals surface area contributed by atoms with Crippen molar-refractivity contribution in [2.24, 2.45) is 7.05 Å². The third-order valence-corrected chi connectivity index (χ3v) is 5.14. The molecule has 5 nitrogen and oxygen atoms in total. The number of hydrogen-bond acceptors (Lipinski definition) is 3. The molecular formula is C20H27N3O2. The maximum Gasteiger partial charge on any atom is 0.227 e. The molecule has 0 spiro atoms. The largest absolute Gasteiger partial charge is 0.494 e. The summed E-state index contributed by atoms with van der Waals surface area (Å²) >= 11 is 0. The molecule has 1 saturated heterocycles. The van der Waals surface area contributed by atoms with E-state index in [2.05, 4.69) is 17.2 Å². The van der Waals surface area contributed by atoms with Crippen molar-refractivity contribution in [3.8, 4) is 5.75 Å². The maximum absolute atomic E-state index is 12.9. The van der Waals surface area contributed by atoms with E-state index in [9.17, 15) is 4.79 Å². The van der Waals surface area contributed by atoms with E-state index in [0.29, 0.717) is 13.0 Å². The SMILES string of the molecule is CCOc1ccc([C@H]2CCCN2C(=O)Cc2c(C)nn(C)c2C)cc1. The summed E-state index contributed by atoms with van der Waals surface area (Å²) in [5.74, 6) is 1.07. The second-order valence-electron chi connectivity index (χ2n) is 6.70. The van der Waals surface area contributed by atoms with Crippen LogP contribution < -0.4 is 4.74 Å². The van der Waals surface area contributed by atoms with Crippen LogP contribution in [0.15, 0.2) is 24.3 Å². The van der Waals surface area contributed by atoms with Gasteiger partial charge in [-0.3, -0.25) is 9.48 Å². The molecule has 1 aromatic heterocycles. The van der Waals surface area contributed by atoms with Crippen LogP contribution in [-0.4, -0.2) is 33.7 Å². The number of nitrogens with zero attached hydrogens (tertiary/aromatic N) is 3. The highest BCUT2D eigenvalue weighted by molar-refractivity contribution is 5.80. The number of benzene rings is 1. The molecule has 0 saturated carbocycles. The second kappa shape index (κ2) is 7.30. The maximum atomic E-state index is 12.9. The number of aryl methyl sites for hydroxylation is 2. The van der Waals surface area contributed by atoms with Crippen molar-refractivity contribution in [3.63, 3.8) is 0 Å². The first-order valence-electron chi connectivity index (χ1n) is 9.02. The Kier molecular flexibility index (Phi) is 5.11. The van der Waals surface area contributed by atoms with E-state index in [4.69, 9.17) is 4.74 Å². The summed E-state index contributed by atoms with van der Waals surface area (Å²) in [7, 11) is 1.93. The third kappa shape index (κ3) is 3.55. The number of rotatable bonds is 5. The van der Waals surface area contributed by atoms with Crippen LogP contribution in [0.4, 0.5) is 0 Å². The number of carbonyl (C=O) groups excluding carboxylic acids is 1. The van der Waals surface area contributed by atoms with Gasteiger partial charge in [0.1, 0.15) is 5.75 Å². The fraction of sp³-hybridized carbons (Fsp3) is 0.500. The van der Waals surface area contributed by atoms with Gasteiger partial charge in [-0.25, -0.2) is 0 Å². The lowest BCUT2D eigenvalue weighted by atomic mass is 10.0. The minimum absolute atomic E-state index is 0.167. The van der Waals surface area contributed by atoms with Crippen LogP contribution in [0.3, 0.4) is 0 Å². The number of likely N-dealkylation sites (tertiary alicyclic amines) is 1. The number of amides is 1. The number of aromatic nitrogens is 2. The Morgan fingerprint density at radius 3 is 2.60 bits per heavy atom. The summed E-state index contributed by atoms with van der Waals surface area (Å²) in [5, 5.41) is 4.43. The van der Waals surface area contributed by atoms with E-state index in [1.54, 1.807) is 0 Å². The van der Waals surface area contributed by atoms with Gasteiger partial charge in [0, 0.05) is 24.8 Å². The van der Waals surface area contributed by atoms with Crippen molar-refractivity contribution in [2.75, 3.05) is 13.2 Å². The minimum atomic E-state index is 0.167. The molecule has 5 heteroatoms. The molecule has 25 heavy (non-hydrogen) atoms.